The number of aryl methyl sites for hydroxylation is 1. The first-order valence-electron chi connectivity index (χ1n) is 8.00. The third-order valence-electron chi connectivity index (χ3n) is 4.00. The molecule has 2 heterocycles. The fourth-order valence-electron chi connectivity index (χ4n) is 2.79. The summed E-state index contributed by atoms with van der Waals surface area (Å²) in [4.78, 5) is 31.8. The van der Waals surface area contributed by atoms with Crippen molar-refractivity contribution in [3.8, 4) is 0 Å². The van der Waals surface area contributed by atoms with Crippen LogP contribution in [0.4, 0.5) is 0 Å². The molecule has 2 aromatic rings. The molecule has 1 saturated carbocycles. The SMILES string of the molecule is Cc1csc(SC2CCC(NC(=O)Cn3cccnc3=O)CC2)n1. The molecule has 0 atom stereocenters. The van der Waals surface area contributed by atoms with Crippen molar-refractivity contribution in [2.45, 2.75) is 54.8 Å². The highest BCUT2D eigenvalue weighted by Crippen LogP contribution is 2.35. The van der Waals surface area contributed by atoms with E-state index in [1.54, 1.807) is 23.6 Å². The zero-order valence-electron chi connectivity index (χ0n) is 13.5. The zero-order valence-corrected chi connectivity index (χ0v) is 15.1. The molecule has 0 spiro atoms. The van der Waals surface area contributed by atoms with Gasteiger partial charge in [-0.15, -0.1) is 11.3 Å². The highest BCUT2D eigenvalue weighted by molar-refractivity contribution is 8.01. The van der Waals surface area contributed by atoms with Crippen molar-refractivity contribution < 1.29 is 4.79 Å². The Morgan fingerprint density at radius 1 is 1.42 bits per heavy atom. The summed E-state index contributed by atoms with van der Waals surface area (Å²) < 4.78 is 2.46. The van der Waals surface area contributed by atoms with Gasteiger partial charge >= 0.3 is 5.69 Å². The van der Waals surface area contributed by atoms with Gasteiger partial charge in [0.25, 0.3) is 0 Å². The highest BCUT2D eigenvalue weighted by atomic mass is 32.2. The molecule has 0 radical (unpaired) electrons. The highest BCUT2D eigenvalue weighted by Gasteiger charge is 2.24. The van der Waals surface area contributed by atoms with E-state index in [1.807, 2.05) is 18.7 Å². The van der Waals surface area contributed by atoms with Crippen molar-refractivity contribution in [2.75, 3.05) is 0 Å². The summed E-state index contributed by atoms with van der Waals surface area (Å²) >= 11 is 3.55. The molecular weight excluding hydrogens is 344 g/mol. The lowest BCUT2D eigenvalue weighted by atomic mass is 9.95. The Bertz CT molecular complexity index is 750. The molecule has 1 aliphatic rings. The summed E-state index contributed by atoms with van der Waals surface area (Å²) in [5.74, 6) is -0.128. The third-order valence-corrected chi connectivity index (χ3v) is 6.43. The van der Waals surface area contributed by atoms with Crippen LogP contribution in [0.1, 0.15) is 31.4 Å². The second kappa shape index (κ2) is 7.94. The van der Waals surface area contributed by atoms with Crippen LogP contribution >= 0.6 is 23.1 Å². The van der Waals surface area contributed by atoms with Crippen LogP contribution in [0.15, 0.2) is 33.0 Å². The number of hydrogen-bond donors (Lipinski definition) is 1. The van der Waals surface area contributed by atoms with Crippen molar-refractivity contribution in [2.24, 2.45) is 0 Å². The van der Waals surface area contributed by atoms with Gasteiger partial charge < -0.3 is 5.32 Å². The maximum absolute atomic E-state index is 12.1. The standard InChI is InChI=1S/C16H20N4O2S2/c1-11-10-23-16(18-11)24-13-5-3-12(4-6-13)19-14(21)9-20-8-2-7-17-15(20)22/h2,7-8,10,12-13H,3-6,9H2,1H3,(H,19,21). The molecule has 1 aliphatic carbocycles. The van der Waals surface area contributed by atoms with Gasteiger partial charge in [-0.3, -0.25) is 9.36 Å². The Balaban J connectivity index is 1.44. The zero-order chi connectivity index (χ0) is 16.9. The van der Waals surface area contributed by atoms with E-state index in [-0.39, 0.29) is 18.5 Å². The smallest absolute Gasteiger partial charge is 0.347 e. The summed E-state index contributed by atoms with van der Waals surface area (Å²) in [7, 11) is 0. The molecule has 1 amide bonds. The number of rotatable bonds is 5. The van der Waals surface area contributed by atoms with E-state index in [0.717, 1.165) is 35.7 Å². The lowest BCUT2D eigenvalue weighted by Crippen LogP contribution is -2.41. The number of carbonyl (C=O) groups is 1. The van der Waals surface area contributed by atoms with Crippen molar-refractivity contribution in [3.63, 3.8) is 0 Å². The largest absolute Gasteiger partial charge is 0.352 e. The number of thioether (sulfide) groups is 1. The Hall–Kier alpha value is -1.67. The van der Waals surface area contributed by atoms with Gasteiger partial charge in [-0.2, -0.15) is 0 Å². The van der Waals surface area contributed by atoms with Crippen molar-refractivity contribution in [1.82, 2.24) is 19.9 Å². The van der Waals surface area contributed by atoms with E-state index < -0.39 is 5.69 Å². The van der Waals surface area contributed by atoms with E-state index in [0.29, 0.717) is 5.25 Å². The van der Waals surface area contributed by atoms with Gasteiger partial charge in [-0.05, 0) is 38.7 Å². The van der Waals surface area contributed by atoms with Crippen molar-refractivity contribution in [1.29, 1.82) is 0 Å². The molecule has 128 valence electrons. The first-order valence-corrected chi connectivity index (χ1v) is 9.75. The van der Waals surface area contributed by atoms with Crippen molar-refractivity contribution >= 4 is 29.0 Å². The Labute approximate surface area is 148 Å². The van der Waals surface area contributed by atoms with Crippen LogP contribution in [-0.2, 0) is 11.3 Å². The Kier molecular flexibility index (Phi) is 5.68. The summed E-state index contributed by atoms with van der Waals surface area (Å²) in [5, 5.41) is 5.69. The minimum Gasteiger partial charge on any atom is -0.352 e. The molecular formula is C16H20N4O2S2. The van der Waals surface area contributed by atoms with Gasteiger partial charge in [-0.1, -0.05) is 11.8 Å². The van der Waals surface area contributed by atoms with Crippen LogP contribution in [0.3, 0.4) is 0 Å². The molecule has 6 nitrogen and oxygen atoms in total. The molecule has 0 unspecified atom stereocenters. The molecule has 8 heteroatoms. The van der Waals surface area contributed by atoms with Crippen LogP contribution in [0.5, 0.6) is 0 Å². The number of carbonyl (C=O) groups excluding carboxylic acids is 1. The van der Waals surface area contributed by atoms with Gasteiger partial charge in [0.2, 0.25) is 5.91 Å². The monoisotopic (exact) mass is 364 g/mol. The quantitative estimate of drug-likeness (QED) is 0.880. The van der Waals surface area contributed by atoms with Crippen LogP contribution in [0.2, 0.25) is 0 Å². The summed E-state index contributed by atoms with van der Waals surface area (Å²) in [5.41, 5.74) is 0.681. The number of nitrogens with one attached hydrogen (secondary N) is 1. The fourth-order valence-corrected chi connectivity index (χ4v) is 5.07. The topological polar surface area (TPSA) is 76.9 Å². The lowest BCUT2D eigenvalue weighted by molar-refractivity contribution is -0.122. The number of hydrogen-bond acceptors (Lipinski definition) is 6. The number of aromatic nitrogens is 3. The predicted octanol–water partition coefficient (Wildman–Crippen LogP) is 2.23. The van der Waals surface area contributed by atoms with Crippen molar-refractivity contribution in [3.05, 3.63) is 40.0 Å². The molecule has 1 N–H and O–H groups in total. The van der Waals surface area contributed by atoms with Crippen LogP contribution in [0, 0.1) is 6.92 Å². The fraction of sp³-hybridized carbons (Fsp3) is 0.500. The molecule has 1 fully saturated rings. The third kappa shape index (κ3) is 4.67. The normalized spacial score (nSPS) is 20.7. The second-order valence-corrected chi connectivity index (χ2v) is 8.35. The van der Waals surface area contributed by atoms with Crippen LogP contribution in [-0.4, -0.2) is 31.7 Å². The predicted molar refractivity (Wildman–Crippen MR) is 95.4 cm³/mol. The first-order chi connectivity index (χ1) is 11.6. The average Bonchev–Trinajstić information content (AvgIpc) is 2.96. The van der Waals surface area contributed by atoms with E-state index in [2.05, 4.69) is 20.7 Å². The maximum Gasteiger partial charge on any atom is 0.347 e. The lowest BCUT2D eigenvalue weighted by Gasteiger charge is -2.28. The van der Waals surface area contributed by atoms with Gasteiger partial charge in [0, 0.05) is 34.8 Å². The second-order valence-electron chi connectivity index (χ2n) is 5.94. The van der Waals surface area contributed by atoms with E-state index in [1.165, 1.54) is 10.8 Å². The van der Waals surface area contributed by atoms with Gasteiger partial charge in [0.1, 0.15) is 10.9 Å². The summed E-state index contributed by atoms with van der Waals surface area (Å²) in [6.07, 6.45) is 7.09. The van der Waals surface area contributed by atoms with Crippen LogP contribution in [0.25, 0.3) is 0 Å². The average molecular weight is 364 g/mol. The first kappa shape index (κ1) is 17.2. The summed E-state index contributed by atoms with van der Waals surface area (Å²) in [6.45, 7) is 2.04. The molecule has 2 aromatic heterocycles. The number of thiazole rings is 1. The number of nitrogens with zero attached hydrogens (tertiary/aromatic N) is 3. The molecule has 0 aromatic carbocycles. The van der Waals surface area contributed by atoms with Crippen LogP contribution < -0.4 is 11.0 Å². The molecule has 0 bridgehead atoms. The number of amides is 1. The van der Waals surface area contributed by atoms with E-state index in [9.17, 15) is 9.59 Å². The maximum atomic E-state index is 12.1. The van der Waals surface area contributed by atoms with Gasteiger partial charge in [0.05, 0.1) is 0 Å². The minimum absolute atomic E-state index is 0.0275. The molecule has 3 rings (SSSR count). The molecule has 0 aliphatic heterocycles. The minimum atomic E-state index is -0.397. The molecule has 0 saturated heterocycles. The van der Waals surface area contributed by atoms with Gasteiger partial charge in [0.15, 0.2) is 0 Å². The summed E-state index contributed by atoms with van der Waals surface area (Å²) in [6, 6.07) is 1.84. The Morgan fingerprint density at radius 2 is 2.21 bits per heavy atom. The molecule has 24 heavy (non-hydrogen) atoms. The van der Waals surface area contributed by atoms with E-state index >= 15 is 0 Å². The van der Waals surface area contributed by atoms with E-state index in [4.69, 9.17) is 0 Å². The Morgan fingerprint density at radius 3 is 2.88 bits per heavy atom. The van der Waals surface area contributed by atoms with Gasteiger partial charge in [-0.25, -0.2) is 14.8 Å².